The van der Waals surface area contributed by atoms with E-state index >= 15 is 0 Å². The number of rotatable bonds is 5. The molecule has 0 unspecified atom stereocenters. The van der Waals surface area contributed by atoms with Gasteiger partial charge in [0.1, 0.15) is 4.83 Å². The van der Waals surface area contributed by atoms with Crippen LogP contribution in [0.3, 0.4) is 0 Å². The first kappa shape index (κ1) is 20.4. The Bertz CT molecular complexity index is 1290. The minimum absolute atomic E-state index is 0.102. The van der Waals surface area contributed by atoms with Crippen LogP contribution in [0.15, 0.2) is 64.5 Å². The molecular formula is C23H21N3O2S2. The van der Waals surface area contributed by atoms with E-state index in [0.717, 1.165) is 27.4 Å². The number of hydrogen-bond donors (Lipinski definition) is 1. The largest absolute Gasteiger partial charge is 0.325 e. The minimum atomic E-state index is -0.137. The van der Waals surface area contributed by atoms with Crippen molar-refractivity contribution >= 4 is 44.9 Å². The van der Waals surface area contributed by atoms with E-state index in [2.05, 4.69) is 5.32 Å². The van der Waals surface area contributed by atoms with E-state index < -0.39 is 0 Å². The highest BCUT2D eigenvalue weighted by Crippen LogP contribution is 2.29. The molecule has 0 atom stereocenters. The van der Waals surface area contributed by atoms with Crippen LogP contribution in [0.5, 0.6) is 0 Å². The number of thioether (sulfide) groups is 1. The first-order chi connectivity index (χ1) is 14.5. The standard InChI is InChI=1S/C23H21N3O2S2/c1-14-9-7-8-12-18(14)24-19(27)13-29-23-25-21-20(15(2)16(3)30-21)22(28)26(23)17-10-5-4-6-11-17/h4-12H,13H2,1-3H3,(H,24,27). The molecule has 0 spiro atoms. The maximum atomic E-state index is 13.4. The zero-order valence-electron chi connectivity index (χ0n) is 16.9. The van der Waals surface area contributed by atoms with Gasteiger partial charge in [-0.3, -0.25) is 14.2 Å². The monoisotopic (exact) mass is 435 g/mol. The Morgan fingerprint density at radius 1 is 1.07 bits per heavy atom. The van der Waals surface area contributed by atoms with E-state index in [1.807, 2.05) is 75.4 Å². The van der Waals surface area contributed by atoms with Crippen molar-refractivity contribution in [3.8, 4) is 5.69 Å². The summed E-state index contributed by atoms with van der Waals surface area (Å²) < 4.78 is 1.60. The third-order valence-electron chi connectivity index (χ3n) is 4.94. The number of aromatic nitrogens is 2. The molecule has 1 amide bonds. The number of fused-ring (bicyclic) bond motifs is 1. The molecule has 0 aliphatic heterocycles. The van der Waals surface area contributed by atoms with Gasteiger partial charge in [-0.2, -0.15) is 0 Å². The van der Waals surface area contributed by atoms with Crippen molar-refractivity contribution < 1.29 is 4.79 Å². The van der Waals surface area contributed by atoms with Crippen LogP contribution in [0, 0.1) is 20.8 Å². The fourth-order valence-electron chi connectivity index (χ4n) is 3.21. The third-order valence-corrected chi connectivity index (χ3v) is 6.98. The molecule has 0 saturated heterocycles. The molecule has 0 bridgehead atoms. The molecule has 2 aromatic heterocycles. The average molecular weight is 436 g/mol. The van der Waals surface area contributed by atoms with E-state index in [4.69, 9.17) is 4.98 Å². The van der Waals surface area contributed by atoms with Crippen molar-refractivity contribution in [2.75, 3.05) is 11.1 Å². The molecule has 0 saturated carbocycles. The lowest BCUT2D eigenvalue weighted by atomic mass is 10.2. The second kappa shape index (κ2) is 8.45. The Morgan fingerprint density at radius 3 is 2.50 bits per heavy atom. The second-order valence-corrected chi connectivity index (χ2v) is 9.13. The van der Waals surface area contributed by atoms with Gasteiger partial charge in [0.15, 0.2) is 5.16 Å². The fraction of sp³-hybridized carbons (Fsp3) is 0.174. The summed E-state index contributed by atoms with van der Waals surface area (Å²) in [4.78, 5) is 32.5. The number of hydrogen-bond acceptors (Lipinski definition) is 5. The van der Waals surface area contributed by atoms with Gasteiger partial charge in [-0.15, -0.1) is 11.3 Å². The number of nitrogens with zero attached hydrogens (tertiary/aromatic N) is 2. The van der Waals surface area contributed by atoms with E-state index in [1.165, 1.54) is 23.1 Å². The number of carbonyl (C=O) groups excluding carboxylic acids is 1. The zero-order valence-corrected chi connectivity index (χ0v) is 18.6. The summed E-state index contributed by atoms with van der Waals surface area (Å²) in [5.74, 6) is 0.0180. The normalized spacial score (nSPS) is 11.0. The molecule has 0 fully saturated rings. The summed E-state index contributed by atoms with van der Waals surface area (Å²) in [5, 5.41) is 4.09. The van der Waals surface area contributed by atoms with Crippen LogP contribution >= 0.6 is 23.1 Å². The van der Waals surface area contributed by atoms with Crippen molar-refractivity contribution in [1.82, 2.24) is 9.55 Å². The van der Waals surface area contributed by atoms with Crippen molar-refractivity contribution in [3.63, 3.8) is 0 Å². The van der Waals surface area contributed by atoms with E-state index in [9.17, 15) is 9.59 Å². The number of nitrogens with one attached hydrogen (secondary N) is 1. The first-order valence-corrected chi connectivity index (χ1v) is 11.3. The molecule has 7 heteroatoms. The van der Waals surface area contributed by atoms with Gasteiger partial charge >= 0.3 is 0 Å². The highest BCUT2D eigenvalue weighted by atomic mass is 32.2. The number of amides is 1. The van der Waals surface area contributed by atoms with Crippen LogP contribution in [0.1, 0.15) is 16.0 Å². The molecule has 0 radical (unpaired) electrons. The Balaban J connectivity index is 1.70. The van der Waals surface area contributed by atoms with Crippen molar-refractivity contribution in [2.24, 2.45) is 0 Å². The van der Waals surface area contributed by atoms with Crippen molar-refractivity contribution in [1.29, 1.82) is 0 Å². The molecule has 2 heterocycles. The maximum absolute atomic E-state index is 13.4. The van der Waals surface area contributed by atoms with E-state index in [0.29, 0.717) is 15.4 Å². The van der Waals surface area contributed by atoms with Gasteiger partial charge in [-0.1, -0.05) is 48.2 Å². The predicted molar refractivity (Wildman–Crippen MR) is 125 cm³/mol. The highest BCUT2D eigenvalue weighted by Gasteiger charge is 2.18. The molecule has 0 aliphatic rings. The smallest absolute Gasteiger partial charge is 0.267 e. The molecule has 4 aromatic rings. The van der Waals surface area contributed by atoms with Crippen LogP contribution < -0.4 is 10.9 Å². The summed E-state index contributed by atoms with van der Waals surface area (Å²) in [7, 11) is 0. The number of benzene rings is 2. The summed E-state index contributed by atoms with van der Waals surface area (Å²) in [5.41, 5.74) is 3.39. The lowest BCUT2D eigenvalue weighted by Crippen LogP contribution is -2.22. The number of thiophene rings is 1. The van der Waals surface area contributed by atoms with Gasteiger partial charge in [0.05, 0.1) is 16.8 Å². The number of anilines is 1. The molecule has 2 aromatic carbocycles. The Labute approximate surface area is 182 Å². The molecule has 30 heavy (non-hydrogen) atoms. The Kier molecular flexibility index (Phi) is 5.74. The van der Waals surface area contributed by atoms with Crippen molar-refractivity contribution in [2.45, 2.75) is 25.9 Å². The topological polar surface area (TPSA) is 64.0 Å². The molecule has 0 aliphatic carbocycles. The molecule has 1 N–H and O–H groups in total. The SMILES string of the molecule is Cc1ccccc1NC(=O)CSc1nc2sc(C)c(C)c2c(=O)n1-c1ccccc1. The van der Waals surface area contributed by atoms with Gasteiger partial charge < -0.3 is 5.32 Å². The molecule has 5 nitrogen and oxygen atoms in total. The third kappa shape index (κ3) is 3.91. The van der Waals surface area contributed by atoms with Crippen LogP contribution in [-0.2, 0) is 4.79 Å². The Morgan fingerprint density at radius 2 is 1.77 bits per heavy atom. The maximum Gasteiger partial charge on any atom is 0.267 e. The second-order valence-electron chi connectivity index (χ2n) is 6.99. The van der Waals surface area contributed by atoms with E-state index in [-0.39, 0.29) is 17.2 Å². The highest BCUT2D eigenvalue weighted by molar-refractivity contribution is 7.99. The molecule has 4 rings (SSSR count). The number of carbonyl (C=O) groups is 1. The Hall–Kier alpha value is -2.90. The predicted octanol–water partition coefficient (Wildman–Crippen LogP) is 5.10. The van der Waals surface area contributed by atoms with Crippen LogP contribution in [0.25, 0.3) is 15.9 Å². The molecular weight excluding hydrogens is 414 g/mol. The van der Waals surface area contributed by atoms with Crippen molar-refractivity contribution in [3.05, 3.63) is 81.0 Å². The van der Waals surface area contributed by atoms with Gasteiger partial charge in [-0.05, 0) is 50.1 Å². The van der Waals surface area contributed by atoms with Crippen LogP contribution in [-0.4, -0.2) is 21.2 Å². The van der Waals surface area contributed by atoms with Crippen LogP contribution in [0.2, 0.25) is 0 Å². The van der Waals surface area contributed by atoms with Crippen LogP contribution in [0.4, 0.5) is 5.69 Å². The summed E-state index contributed by atoms with van der Waals surface area (Å²) in [6.45, 7) is 5.90. The summed E-state index contributed by atoms with van der Waals surface area (Å²) >= 11 is 2.78. The van der Waals surface area contributed by atoms with Gasteiger partial charge in [0, 0.05) is 10.6 Å². The van der Waals surface area contributed by atoms with E-state index in [1.54, 1.807) is 4.57 Å². The molecule has 152 valence electrons. The lowest BCUT2D eigenvalue weighted by Gasteiger charge is -2.12. The summed E-state index contributed by atoms with van der Waals surface area (Å²) in [6, 6.07) is 17.1. The number of aryl methyl sites for hydroxylation is 3. The fourth-order valence-corrected chi connectivity index (χ4v) is 5.09. The van der Waals surface area contributed by atoms with Gasteiger partial charge in [0.25, 0.3) is 5.56 Å². The number of para-hydroxylation sites is 2. The lowest BCUT2D eigenvalue weighted by molar-refractivity contribution is -0.113. The first-order valence-electron chi connectivity index (χ1n) is 9.52. The average Bonchev–Trinajstić information content (AvgIpc) is 3.02. The summed E-state index contributed by atoms with van der Waals surface area (Å²) in [6.07, 6.45) is 0. The van der Waals surface area contributed by atoms with Gasteiger partial charge in [-0.25, -0.2) is 4.98 Å². The van der Waals surface area contributed by atoms with Gasteiger partial charge in [0.2, 0.25) is 5.91 Å². The minimum Gasteiger partial charge on any atom is -0.325 e. The zero-order chi connectivity index (χ0) is 21.3. The quantitative estimate of drug-likeness (QED) is 0.350.